The molecular formula is C14H24N4O3S. The van der Waals surface area contributed by atoms with Crippen LogP contribution in [0.1, 0.15) is 23.8 Å². The van der Waals surface area contributed by atoms with E-state index in [2.05, 4.69) is 16.9 Å². The molecule has 0 spiro atoms. The first kappa shape index (κ1) is 17.0. The molecule has 0 atom stereocenters. The molecule has 0 radical (unpaired) electrons. The van der Waals surface area contributed by atoms with Crippen molar-refractivity contribution in [3.05, 3.63) is 18.0 Å². The van der Waals surface area contributed by atoms with Crippen molar-refractivity contribution in [3.8, 4) is 0 Å². The number of nitrogens with zero attached hydrogens (tertiary/aromatic N) is 4. The van der Waals surface area contributed by atoms with E-state index >= 15 is 0 Å². The first-order valence-corrected chi connectivity index (χ1v) is 9.68. The number of hydrogen-bond donors (Lipinski definition) is 0. The van der Waals surface area contributed by atoms with Gasteiger partial charge in [-0.3, -0.25) is 14.4 Å². The molecule has 1 aromatic rings. The molecule has 124 valence electrons. The summed E-state index contributed by atoms with van der Waals surface area (Å²) in [4.78, 5) is 16.4. The summed E-state index contributed by atoms with van der Waals surface area (Å²) in [5.74, 6) is 0.179. The molecule has 1 saturated heterocycles. The van der Waals surface area contributed by atoms with Crippen molar-refractivity contribution in [2.24, 2.45) is 0 Å². The predicted molar refractivity (Wildman–Crippen MR) is 84.6 cm³/mol. The van der Waals surface area contributed by atoms with E-state index in [-0.39, 0.29) is 11.7 Å². The summed E-state index contributed by atoms with van der Waals surface area (Å²) in [6, 6.07) is 1.76. The average molecular weight is 328 g/mol. The highest BCUT2D eigenvalue weighted by Gasteiger charge is 2.24. The number of amides is 1. The molecule has 0 saturated carbocycles. The summed E-state index contributed by atoms with van der Waals surface area (Å²) in [7, 11) is -2.93. The lowest BCUT2D eigenvalue weighted by Crippen LogP contribution is -2.50. The van der Waals surface area contributed by atoms with Gasteiger partial charge in [-0.25, -0.2) is 8.42 Å². The number of hydrogen-bond acceptors (Lipinski definition) is 5. The zero-order valence-electron chi connectivity index (χ0n) is 13.2. The number of carbonyl (C=O) groups is 1. The van der Waals surface area contributed by atoms with Gasteiger partial charge in [-0.15, -0.1) is 0 Å². The number of sulfone groups is 1. The number of aryl methyl sites for hydroxylation is 1. The Morgan fingerprint density at radius 2 is 1.91 bits per heavy atom. The SMILES string of the molecule is CCCn1nccc1C(=O)N1CCN(CCS(C)(=O)=O)CC1. The van der Waals surface area contributed by atoms with E-state index < -0.39 is 9.84 Å². The van der Waals surface area contributed by atoms with Gasteiger partial charge in [-0.1, -0.05) is 6.92 Å². The minimum atomic E-state index is -2.93. The fourth-order valence-corrected chi connectivity index (χ4v) is 3.13. The maximum absolute atomic E-state index is 12.5. The third kappa shape index (κ3) is 4.54. The molecule has 1 amide bonds. The number of carbonyl (C=O) groups excluding carboxylic acids is 1. The molecule has 2 rings (SSSR count). The summed E-state index contributed by atoms with van der Waals surface area (Å²) >= 11 is 0. The smallest absolute Gasteiger partial charge is 0.272 e. The van der Waals surface area contributed by atoms with Crippen molar-refractivity contribution in [2.75, 3.05) is 44.7 Å². The second kappa shape index (κ2) is 7.23. The summed E-state index contributed by atoms with van der Waals surface area (Å²) in [5.41, 5.74) is 0.631. The predicted octanol–water partition coefficient (Wildman–Crippen LogP) is 0.0955. The van der Waals surface area contributed by atoms with Crippen LogP contribution in [-0.4, -0.2) is 78.6 Å². The molecular weight excluding hydrogens is 304 g/mol. The van der Waals surface area contributed by atoms with E-state index in [1.807, 2.05) is 4.90 Å². The molecule has 1 aliphatic heterocycles. The Balaban J connectivity index is 1.88. The molecule has 0 aromatic carbocycles. The maximum atomic E-state index is 12.5. The molecule has 0 bridgehead atoms. The molecule has 7 nitrogen and oxygen atoms in total. The van der Waals surface area contributed by atoms with Crippen LogP contribution in [0.2, 0.25) is 0 Å². The zero-order chi connectivity index (χ0) is 16.2. The van der Waals surface area contributed by atoms with Gasteiger partial charge in [0.05, 0.1) is 5.75 Å². The van der Waals surface area contributed by atoms with E-state index in [0.29, 0.717) is 38.4 Å². The van der Waals surface area contributed by atoms with Gasteiger partial charge < -0.3 is 4.90 Å². The second-order valence-electron chi connectivity index (χ2n) is 5.70. The van der Waals surface area contributed by atoms with Gasteiger partial charge >= 0.3 is 0 Å². The van der Waals surface area contributed by atoms with E-state index in [9.17, 15) is 13.2 Å². The summed E-state index contributed by atoms with van der Waals surface area (Å²) in [5, 5.41) is 4.19. The van der Waals surface area contributed by atoms with Crippen molar-refractivity contribution in [2.45, 2.75) is 19.9 Å². The standard InChI is InChI=1S/C14H24N4O3S/c1-3-6-18-13(4-5-15-18)14(19)17-9-7-16(8-10-17)11-12-22(2,20)21/h4-5H,3,6-12H2,1-2H3. The van der Waals surface area contributed by atoms with Gasteiger partial charge in [-0.05, 0) is 12.5 Å². The average Bonchev–Trinajstić information content (AvgIpc) is 2.93. The molecule has 0 aliphatic carbocycles. The largest absolute Gasteiger partial charge is 0.335 e. The molecule has 1 aliphatic rings. The van der Waals surface area contributed by atoms with Crippen molar-refractivity contribution < 1.29 is 13.2 Å². The number of piperazine rings is 1. The van der Waals surface area contributed by atoms with E-state index in [4.69, 9.17) is 0 Å². The van der Waals surface area contributed by atoms with Crippen molar-refractivity contribution >= 4 is 15.7 Å². The summed E-state index contributed by atoms with van der Waals surface area (Å²) < 4.78 is 24.1. The highest BCUT2D eigenvalue weighted by molar-refractivity contribution is 7.90. The minimum absolute atomic E-state index is 0.00807. The van der Waals surface area contributed by atoms with Gasteiger partial charge in [0.1, 0.15) is 15.5 Å². The Morgan fingerprint density at radius 3 is 2.50 bits per heavy atom. The van der Waals surface area contributed by atoms with Crippen LogP contribution in [0.5, 0.6) is 0 Å². The van der Waals surface area contributed by atoms with Crippen LogP contribution in [0, 0.1) is 0 Å². The van der Waals surface area contributed by atoms with Crippen molar-refractivity contribution in [1.82, 2.24) is 19.6 Å². The Hall–Kier alpha value is -1.41. The molecule has 0 N–H and O–H groups in total. The van der Waals surface area contributed by atoms with Crippen LogP contribution in [0.15, 0.2) is 12.3 Å². The lowest BCUT2D eigenvalue weighted by atomic mass is 10.2. The quantitative estimate of drug-likeness (QED) is 0.740. The Kier molecular flexibility index (Phi) is 5.57. The van der Waals surface area contributed by atoms with E-state index in [1.54, 1.807) is 16.9 Å². The molecule has 1 aromatic heterocycles. The van der Waals surface area contributed by atoms with Gasteiger partial charge in [0.15, 0.2) is 0 Å². The van der Waals surface area contributed by atoms with Crippen LogP contribution in [-0.2, 0) is 16.4 Å². The fraction of sp³-hybridized carbons (Fsp3) is 0.714. The van der Waals surface area contributed by atoms with Crippen LogP contribution >= 0.6 is 0 Å². The van der Waals surface area contributed by atoms with Crippen LogP contribution in [0.3, 0.4) is 0 Å². The molecule has 0 unspecified atom stereocenters. The van der Waals surface area contributed by atoms with E-state index in [1.165, 1.54) is 6.26 Å². The Labute approximate surface area is 131 Å². The monoisotopic (exact) mass is 328 g/mol. The molecule has 22 heavy (non-hydrogen) atoms. The lowest BCUT2D eigenvalue weighted by Gasteiger charge is -2.34. The Bertz CT molecular complexity index is 603. The van der Waals surface area contributed by atoms with Gasteiger partial charge in [0, 0.05) is 51.7 Å². The minimum Gasteiger partial charge on any atom is -0.335 e. The first-order chi connectivity index (χ1) is 10.4. The van der Waals surface area contributed by atoms with Gasteiger partial charge in [0.2, 0.25) is 0 Å². The van der Waals surface area contributed by atoms with E-state index in [0.717, 1.165) is 13.0 Å². The van der Waals surface area contributed by atoms with Crippen molar-refractivity contribution in [3.63, 3.8) is 0 Å². The lowest BCUT2D eigenvalue weighted by molar-refractivity contribution is 0.0631. The normalized spacial score (nSPS) is 16.9. The fourth-order valence-electron chi connectivity index (χ4n) is 2.54. The second-order valence-corrected chi connectivity index (χ2v) is 7.96. The molecule has 1 fully saturated rings. The third-order valence-corrected chi connectivity index (χ3v) is 4.73. The number of aromatic nitrogens is 2. The third-order valence-electron chi connectivity index (χ3n) is 3.81. The van der Waals surface area contributed by atoms with Crippen LogP contribution < -0.4 is 0 Å². The topological polar surface area (TPSA) is 75.5 Å². The highest BCUT2D eigenvalue weighted by atomic mass is 32.2. The zero-order valence-corrected chi connectivity index (χ0v) is 14.0. The van der Waals surface area contributed by atoms with Gasteiger partial charge in [-0.2, -0.15) is 5.10 Å². The van der Waals surface area contributed by atoms with Crippen molar-refractivity contribution in [1.29, 1.82) is 0 Å². The maximum Gasteiger partial charge on any atom is 0.272 e. The highest BCUT2D eigenvalue weighted by Crippen LogP contribution is 2.09. The Morgan fingerprint density at radius 1 is 1.23 bits per heavy atom. The van der Waals surface area contributed by atoms with Crippen LogP contribution in [0.25, 0.3) is 0 Å². The first-order valence-electron chi connectivity index (χ1n) is 7.62. The summed E-state index contributed by atoms with van der Waals surface area (Å²) in [6.45, 7) is 6.00. The van der Waals surface area contributed by atoms with Crippen LogP contribution in [0.4, 0.5) is 0 Å². The summed E-state index contributed by atoms with van der Waals surface area (Å²) in [6.07, 6.45) is 3.84. The number of rotatable bonds is 6. The molecule has 2 heterocycles. The molecule has 8 heteroatoms. The van der Waals surface area contributed by atoms with Gasteiger partial charge in [0.25, 0.3) is 5.91 Å².